The van der Waals surface area contributed by atoms with E-state index in [1.807, 2.05) is 48.0 Å². The predicted molar refractivity (Wildman–Crippen MR) is 64.2 cm³/mol. The minimum Gasteiger partial charge on any atom is -0.495 e. The monoisotopic (exact) mass is 228 g/mol. The smallest absolute Gasteiger partial charge is 0.180 e. The normalized spacial score (nSPS) is 10.9. The van der Waals surface area contributed by atoms with E-state index in [2.05, 4.69) is 4.98 Å². The van der Waals surface area contributed by atoms with Crippen molar-refractivity contribution >= 4 is 5.52 Å². The first-order valence-corrected chi connectivity index (χ1v) is 5.36. The molecule has 0 atom stereocenters. The molecule has 0 aliphatic rings. The van der Waals surface area contributed by atoms with Crippen molar-refractivity contribution in [2.24, 2.45) is 0 Å². The summed E-state index contributed by atoms with van der Waals surface area (Å²) in [6.45, 7) is 1.92. The van der Waals surface area contributed by atoms with E-state index in [1.165, 1.54) is 0 Å². The van der Waals surface area contributed by atoms with Crippen LogP contribution in [0.3, 0.4) is 0 Å². The molecule has 0 saturated carbocycles. The summed E-state index contributed by atoms with van der Waals surface area (Å²) in [6.07, 6.45) is 3.71. The first-order chi connectivity index (χ1) is 8.28. The SMILES string of the molecule is COc1ccc2cnc(-c3ccc(C)o3)n2c1. The van der Waals surface area contributed by atoms with Crippen LogP contribution in [0.15, 0.2) is 41.1 Å². The first kappa shape index (κ1) is 9.96. The molecule has 3 heterocycles. The lowest BCUT2D eigenvalue weighted by Gasteiger charge is -2.02. The number of furan rings is 1. The van der Waals surface area contributed by atoms with Gasteiger partial charge >= 0.3 is 0 Å². The van der Waals surface area contributed by atoms with Crippen LogP contribution in [0.1, 0.15) is 5.76 Å². The minimum absolute atomic E-state index is 0.760. The maximum absolute atomic E-state index is 5.59. The summed E-state index contributed by atoms with van der Waals surface area (Å²) < 4.78 is 12.7. The van der Waals surface area contributed by atoms with Gasteiger partial charge in [-0.2, -0.15) is 0 Å². The molecular weight excluding hydrogens is 216 g/mol. The Morgan fingerprint density at radius 1 is 1.24 bits per heavy atom. The highest BCUT2D eigenvalue weighted by molar-refractivity contribution is 5.59. The second kappa shape index (κ2) is 3.66. The van der Waals surface area contributed by atoms with Gasteiger partial charge in [0.25, 0.3) is 0 Å². The van der Waals surface area contributed by atoms with Crippen molar-refractivity contribution in [1.82, 2.24) is 9.38 Å². The second-order valence-corrected chi connectivity index (χ2v) is 3.86. The van der Waals surface area contributed by atoms with Gasteiger partial charge in [0, 0.05) is 0 Å². The predicted octanol–water partition coefficient (Wildman–Crippen LogP) is 2.91. The third kappa shape index (κ3) is 1.58. The molecule has 0 aromatic carbocycles. The lowest BCUT2D eigenvalue weighted by Crippen LogP contribution is -1.90. The highest BCUT2D eigenvalue weighted by Gasteiger charge is 2.10. The van der Waals surface area contributed by atoms with Crippen LogP contribution in [0.2, 0.25) is 0 Å². The highest BCUT2D eigenvalue weighted by atomic mass is 16.5. The number of ether oxygens (including phenoxy) is 1. The summed E-state index contributed by atoms with van der Waals surface area (Å²) >= 11 is 0. The average molecular weight is 228 g/mol. The Kier molecular flexibility index (Phi) is 2.14. The van der Waals surface area contributed by atoms with Gasteiger partial charge in [-0.1, -0.05) is 0 Å². The molecule has 0 bridgehead atoms. The molecule has 4 nitrogen and oxygen atoms in total. The number of imidazole rings is 1. The van der Waals surface area contributed by atoms with Crippen LogP contribution in [-0.2, 0) is 0 Å². The van der Waals surface area contributed by atoms with Gasteiger partial charge in [0.1, 0.15) is 11.5 Å². The van der Waals surface area contributed by atoms with Crippen LogP contribution in [0.5, 0.6) is 5.75 Å². The largest absolute Gasteiger partial charge is 0.495 e. The number of methoxy groups -OCH3 is 1. The third-order valence-electron chi connectivity index (χ3n) is 2.70. The standard InChI is InChI=1S/C13H12N2O2/c1-9-3-6-12(17-9)13-14-7-10-4-5-11(16-2)8-15(10)13/h3-8H,1-2H3. The van der Waals surface area contributed by atoms with E-state index in [1.54, 1.807) is 7.11 Å². The van der Waals surface area contributed by atoms with Gasteiger partial charge in [-0.05, 0) is 31.2 Å². The van der Waals surface area contributed by atoms with E-state index >= 15 is 0 Å². The number of aryl methyl sites for hydroxylation is 1. The fourth-order valence-electron chi connectivity index (χ4n) is 1.83. The lowest BCUT2D eigenvalue weighted by molar-refractivity contribution is 0.412. The summed E-state index contributed by atoms with van der Waals surface area (Å²) in [7, 11) is 1.65. The van der Waals surface area contributed by atoms with Crippen molar-refractivity contribution in [3.05, 3.63) is 42.4 Å². The molecule has 0 saturated heterocycles. The molecule has 86 valence electrons. The average Bonchev–Trinajstić information content (AvgIpc) is 2.93. The number of hydrogen-bond donors (Lipinski definition) is 0. The number of rotatable bonds is 2. The molecule has 0 amide bonds. The van der Waals surface area contributed by atoms with Crippen LogP contribution in [0.4, 0.5) is 0 Å². The van der Waals surface area contributed by atoms with Crippen molar-refractivity contribution in [1.29, 1.82) is 0 Å². The number of pyridine rings is 1. The molecule has 0 aliphatic heterocycles. The first-order valence-electron chi connectivity index (χ1n) is 5.36. The maximum atomic E-state index is 5.59. The number of fused-ring (bicyclic) bond motifs is 1. The van der Waals surface area contributed by atoms with Crippen molar-refractivity contribution in [3.63, 3.8) is 0 Å². The molecule has 0 spiro atoms. The topological polar surface area (TPSA) is 39.7 Å². The van der Waals surface area contributed by atoms with E-state index < -0.39 is 0 Å². The Labute approximate surface area is 98.5 Å². The Morgan fingerprint density at radius 2 is 2.12 bits per heavy atom. The molecule has 17 heavy (non-hydrogen) atoms. The van der Waals surface area contributed by atoms with Crippen LogP contribution >= 0.6 is 0 Å². The summed E-state index contributed by atoms with van der Waals surface area (Å²) in [4.78, 5) is 4.37. The zero-order chi connectivity index (χ0) is 11.8. The van der Waals surface area contributed by atoms with E-state index in [-0.39, 0.29) is 0 Å². The number of nitrogens with zero attached hydrogens (tertiary/aromatic N) is 2. The van der Waals surface area contributed by atoms with Crippen molar-refractivity contribution in [3.8, 4) is 17.3 Å². The highest BCUT2D eigenvalue weighted by Crippen LogP contribution is 2.23. The number of aromatic nitrogens is 2. The van der Waals surface area contributed by atoms with Crippen LogP contribution in [-0.4, -0.2) is 16.5 Å². The summed E-state index contributed by atoms with van der Waals surface area (Å²) in [5.74, 6) is 3.21. The van der Waals surface area contributed by atoms with Gasteiger partial charge in [0.05, 0.1) is 25.0 Å². The molecular formula is C13H12N2O2. The van der Waals surface area contributed by atoms with E-state index in [0.29, 0.717) is 0 Å². The van der Waals surface area contributed by atoms with Gasteiger partial charge in [-0.15, -0.1) is 0 Å². The van der Waals surface area contributed by atoms with Gasteiger partial charge in [0.2, 0.25) is 0 Å². The zero-order valence-corrected chi connectivity index (χ0v) is 9.68. The molecule has 3 aromatic heterocycles. The quantitative estimate of drug-likeness (QED) is 0.677. The molecule has 0 fully saturated rings. The Hall–Kier alpha value is -2.23. The second-order valence-electron chi connectivity index (χ2n) is 3.86. The van der Waals surface area contributed by atoms with Crippen LogP contribution < -0.4 is 4.74 Å². The summed E-state index contributed by atoms with van der Waals surface area (Å²) in [5, 5.41) is 0. The maximum Gasteiger partial charge on any atom is 0.180 e. The molecule has 0 N–H and O–H groups in total. The fraction of sp³-hybridized carbons (Fsp3) is 0.154. The molecule has 0 unspecified atom stereocenters. The fourth-order valence-corrected chi connectivity index (χ4v) is 1.83. The Morgan fingerprint density at radius 3 is 2.82 bits per heavy atom. The van der Waals surface area contributed by atoms with Crippen LogP contribution in [0, 0.1) is 6.92 Å². The molecule has 3 aromatic rings. The van der Waals surface area contributed by atoms with E-state index in [9.17, 15) is 0 Å². The number of hydrogen-bond acceptors (Lipinski definition) is 3. The molecule has 0 aliphatic carbocycles. The van der Waals surface area contributed by atoms with Gasteiger partial charge in [-0.25, -0.2) is 4.98 Å². The van der Waals surface area contributed by atoms with Gasteiger partial charge in [-0.3, -0.25) is 4.40 Å². The third-order valence-corrected chi connectivity index (χ3v) is 2.70. The summed E-state index contributed by atoms with van der Waals surface area (Å²) in [5.41, 5.74) is 1.01. The minimum atomic E-state index is 0.760. The lowest BCUT2D eigenvalue weighted by atomic mass is 10.4. The van der Waals surface area contributed by atoms with Crippen LogP contribution in [0.25, 0.3) is 17.1 Å². The van der Waals surface area contributed by atoms with Crippen molar-refractivity contribution in [2.75, 3.05) is 7.11 Å². The molecule has 3 rings (SSSR count). The van der Waals surface area contributed by atoms with Crippen molar-refractivity contribution in [2.45, 2.75) is 6.92 Å². The summed E-state index contributed by atoms with van der Waals surface area (Å²) in [6, 6.07) is 7.72. The van der Waals surface area contributed by atoms with Crippen molar-refractivity contribution < 1.29 is 9.15 Å². The van der Waals surface area contributed by atoms with E-state index in [4.69, 9.17) is 9.15 Å². The zero-order valence-electron chi connectivity index (χ0n) is 9.68. The Balaban J connectivity index is 2.22. The van der Waals surface area contributed by atoms with Gasteiger partial charge in [0.15, 0.2) is 11.6 Å². The van der Waals surface area contributed by atoms with E-state index in [0.717, 1.165) is 28.6 Å². The molecule has 0 radical (unpaired) electrons. The van der Waals surface area contributed by atoms with Gasteiger partial charge < -0.3 is 9.15 Å². The Bertz CT molecular complexity index is 667. The molecule has 4 heteroatoms.